The quantitative estimate of drug-likeness (QED) is 0.744. The number of nitrogens with one attached hydrogen (secondary N) is 1. The second-order valence-electron chi connectivity index (χ2n) is 4.80. The van der Waals surface area contributed by atoms with Gasteiger partial charge in [0.15, 0.2) is 8.68 Å². The summed E-state index contributed by atoms with van der Waals surface area (Å²) in [5, 5.41) is 11.0. The number of aromatic nitrogens is 2. The summed E-state index contributed by atoms with van der Waals surface area (Å²) in [6.45, 7) is 6.04. The van der Waals surface area contributed by atoms with Crippen LogP contribution in [-0.4, -0.2) is 27.1 Å². The smallest absolute Gasteiger partial charge is 0.237 e. The van der Waals surface area contributed by atoms with E-state index >= 15 is 0 Å². The van der Waals surface area contributed by atoms with E-state index < -0.39 is 0 Å². The first-order valence-electron chi connectivity index (χ1n) is 7.09. The number of amides is 1. The number of thioether (sulfide) groups is 2. The van der Waals surface area contributed by atoms with Crippen LogP contribution >= 0.6 is 34.9 Å². The van der Waals surface area contributed by atoms with Crippen LogP contribution in [0.1, 0.15) is 25.8 Å². The largest absolute Gasteiger partial charge is 0.325 e. The van der Waals surface area contributed by atoms with Gasteiger partial charge in [-0.1, -0.05) is 59.5 Å². The fraction of sp³-hybridized carbons (Fsp3) is 0.400. The first kappa shape index (κ1) is 17.3. The lowest BCUT2D eigenvalue weighted by Gasteiger charge is -2.10. The van der Waals surface area contributed by atoms with Crippen molar-refractivity contribution in [2.45, 2.75) is 41.1 Å². The van der Waals surface area contributed by atoms with E-state index in [0.717, 1.165) is 26.5 Å². The van der Waals surface area contributed by atoms with E-state index in [9.17, 15) is 4.79 Å². The zero-order chi connectivity index (χ0) is 15.9. The number of rotatable bonds is 7. The van der Waals surface area contributed by atoms with Gasteiger partial charge in [0.05, 0.1) is 5.25 Å². The Labute approximate surface area is 143 Å². The van der Waals surface area contributed by atoms with E-state index in [0.29, 0.717) is 0 Å². The van der Waals surface area contributed by atoms with E-state index in [-0.39, 0.29) is 11.2 Å². The number of carbonyl (C=O) groups is 1. The Bertz CT molecular complexity index is 613. The standard InChI is InChI=1S/C15H19N3OS3/c1-4-9-20-14-17-18-15(22-14)21-11(3)13(19)16-12-7-5-10(2)6-8-12/h5-8,11H,4,9H2,1-3H3,(H,16,19)/t11-/m0/s1. The molecule has 1 aromatic carbocycles. The highest BCUT2D eigenvalue weighted by Crippen LogP contribution is 2.31. The van der Waals surface area contributed by atoms with Crippen molar-refractivity contribution in [3.63, 3.8) is 0 Å². The molecule has 0 radical (unpaired) electrons. The van der Waals surface area contributed by atoms with Crippen molar-refractivity contribution in [1.82, 2.24) is 10.2 Å². The average molecular weight is 354 g/mol. The van der Waals surface area contributed by atoms with Crippen molar-refractivity contribution >= 4 is 46.5 Å². The van der Waals surface area contributed by atoms with E-state index in [4.69, 9.17) is 0 Å². The highest BCUT2D eigenvalue weighted by atomic mass is 32.2. The van der Waals surface area contributed by atoms with Crippen molar-refractivity contribution < 1.29 is 4.79 Å². The van der Waals surface area contributed by atoms with Gasteiger partial charge in [-0.15, -0.1) is 10.2 Å². The van der Waals surface area contributed by atoms with Crippen LogP contribution in [0.4, 0.5) is 5.69 Å². The molecule has 22 heavy (non-hydrogen) atoms. The fourth-order valence-corrected chi connectivity index (χ4v) is 4.67. The minimum Gasteiger partial charge on any atom is -0.325 e. The van der Waals surface area contributed by atoms with Crippen LogP contribution < -0.4 is 5.32 Å². The molecular weight excluding hydrogens is 334 g/mol. The lowest BCUT2D eigenvalue weighted by Crippen LogP contribution is -2.22. The minimum atomic E-state index is -0.210. The molecule has 2 aromatic rings. The molecule has 0 saturated heterocycles. The van der Waals surface area contributed by atoms with Crippen LogP contribution in [0.3, 0.4) is 0 Å². The van der Waals surface area contributed by atoms with Crippen LogP contribution in [0.25, 0.3) is 0 Å². The zero-order valence-electron chi connectivity index (χ0n) is 12.8. The van der Waals surface area contributed by atoms with Crippen LogP contribution in [0, 0.1) is 6.92 Å². The molecule has 1 amide bonds. The second kappa shape index (κ2) is 8.55. The van der Waals surface area contributed by atoms with Gasteiger partial charge in [0.1, 0.15) is 0 Å². The topological polar surface area (TPSA) is 54.9 Å². The third-order valence-corrected chi connectivity index (χ3v) is 6.23. The maximum Gasteiger partial charge on any atom is 0.237 e. The number of aryl methyl sites for hydroxylation is 1. The summed E-state index contributed by atoms with van der Waals surface area (Å²) in [7, 11) is 0. The minimum absolute atomic E-state index is 0.0215. The van der Waals surface area contributed by atoms with Gasteiger partial charge < -0.3 is 5.32 Å². The Kier molecular flexibility index (Phi) is 6.72. The van der Waals surface area contributed by atoms with Crippen LogP contribution in [0.5, 0.6) is 0 Å². The third kappa shape index (κ3) is 5.30. The van der Waals surface area contributed by atoms with Crippen LogP contribution in [0.15, 0.2) is 32.9 Å². The lowest BCUT2D eigenvalue weighted by atomic mass is 10.2. The Morgan fingerprint density at radius 2 is 1.95 bits per heavy atom. The van der Waals surface area contributed by atoms with Crippen molar-refractivity contribution in [2.24, 2.45) is 0 Å². The molecule has 0 spiro atoms. The molecule has 0 aliphatic rings. The number of anilines is 1. The highest BCUT2D eigenvalue weighted by Gasteiger charge is 2.17. The average Bonchev–Trinajstić information content (AvgIpc) is 2.95. The van der Waals surface area contributed by atoms with Gasteiger partial charge in [0, 0.05) is 11.4 Å². The molecule has 0 unspecified atom stereocenters. The van der Waals surface area contributed by atoms with Gasteiger partial charge in [0.2, 0.25) is 5.91 Å². The Morgan fingerprint density at radius 1 is 1.27 bits per heavy atom. The monoisotopic (exact) mass is 353 g/mol. The molecule has 1 aromatic heterocycles. The van der Waals surface area contributed by atoms with Crippen molar-refractivity contribution in [1.29, 1.82) is 0 Å². The maximum atomic E-state index is 12.2. The summed E-state index contributed by atoms with van der Waals surface area (Å²) in [4.78, 5) is 12.2. The predicted molar refractivity (Wildman–Crippen MR) is 96.1 cm³/mol. The number of nitrogens with zero attached hydrogens (tertiary/aromatic N) is 2. The van der Waals surface area contributed by atoms with Crippen LogP contribution in [0.2, 0.25) is 0 Å². The first-order chi connectivity index (χ1) is 10.6. The fourth-order valence-electron chi connectivity index (χ4n) is 1.58. The second-order valence-corrected chi connectivity index (χ2v) is 8.71. The van der Waals surface area contributed by atoms with Gasteiger partial charge in [0.25, 0.3) is 0 Å². The molecular formula is C15H19N3OS3. The summed E-state index contributed by atoms with van der Waals surface area (Å²) in [5.41, 5.74) is 1.99. The highest BCUT2D eigenvalue weighted by molar-refractivity contribution is 8.03. The molecule has 0 fully saturated rings. The third-order valence-electron chi connectivity index (χ3n) is 2.78. The van der Waals surface area contributed by atoms with E-state index in [1.165, 1.54) is 17.3 Å². The summed E-state index contributed by atoms with van der Waals surface area (Å²) < 4.78 is 1.81. The molecule has 7 heteroatoms. The molecule has 1 heterocycles. The maximum absolute atomic E-state index is 12.2. The molecule has 1 N–H and O–H groups in total. The predicted octanol–water partition coefficient (Wildman–Crippen LogP) is 4.47. The number of hydrogen-bond acceptors (Lipinski definition) is 6. The van der Waals surface area contributed by atoms with Gasteiger partial charge in [-0.25, -0.2) is 0 Å². The molecule has 2 rings (SSSR count). The summed E-state index contributed by atoms with van der Waals surface area (Å²) in [6.07, 6.45) is 1.11. The SMILES string of the molecule is CCCSc1nnc(S[C@@H](C)C(=O)Nc2ccc(C)cc2)s1. The first-order valence-corrected chi connectivity index (χ1v) is 9.77. The van der Waals surface area contributed by atoms with Gasteiger partial charge in [-0.2, -0.15) is 0 Å². The molecule has 118 valence electrons. The van der Waals surface area contributed by atoms with Gasteiger partial charge >= 0.3 is 0 Å². The molecule has 0 bridgehead atoms. The number of benzene rings is 1. The van der Waals surface area contributed by atoms with E-state index in [2.05, 4.69) is 22.4 Å². The molecule has 0 aliphatic carbocycles. The van der Waals surface area contributed by atoms with E-state index in [1.807, 2.05) is 38.1 Å². The Hall–Kier alpha value is -1.05. The van der Waals surface area contributed by atoms with Gasteiger partial charge in [-0.05, 0) is 32.4 Å². The molecule has 0 aliphatic heterocycles. The van der Waals surface area contributed by atoms with Crippen molar-refractivity contribution in [3.8, 4) is 0 Å². The molecule has 0 saturated carbocycles. The van der Waals surface area contributed by atoms with Crippen molar-refractivity contribution in [3.05, 3.63) is 29.8 Å². The number of hydrogen-bond donors (Lipinski definition) is 1. The van der Waals surface area contributed by atoms with E-state index in [1.54, 1.807) is 23.1 Å². The van der Waals surface area contributed by atoms with Crippen LogP contribution in [-0.2, 0) is 4.79 Å². The Balaban J connectivity index is 1.87. The summed E-state index contributed by atoms with van der Waals surface area (Å²) >= 11 is 4.71. The van der Waals surface area contributed by atoms with Gasteiger partial charge in [-0.3, -0.25) is 4.79 Å². The lowest BCUT2D eigenvalue weighted by molar-refractivity contribution is -0.115. The van der Waals surface area contributed by atoms with Crippen molar-refractivity contribution in [2.75, 3.05) is 11.1 Å². The Morgan fingerprint density at radius 3 is 2.64 bits per heavy atom. The summed E-state index contributed by atoms with van der Waals surface area (Å²) in [5.74, 6) is 1.02. The zero-order valence-corrected chi connectivity index (χ0v) is 15.3. The molecule has 4 nitrogen and oxygen atoms in total. The number of carbonyl (C=O) groups excluding carboxylic acids is 1. The molecule has 1 atom stereocenters. The summed E-state index contributed by atoms with van der Waals surface area (Å²) in [6, 6.07) is 7.79. The normalized spacial score (nSPS) is 12.1.